The quantitative estimate of drug-likeness (QED) is 0.0215. The van der Waals surface area contributed by atoms with Gasteiger partial charge in [-0.25, -0.2) is 0 Å². The highest BCUT2D eigenvalue weighted by Crippen LogP contribution is 2.23. The lowest BCUT2D eigenvalue weighted by molar-refractivity contribution is -0.303. The van der Waals surface area contributed by atoms with Crippen LogP contribution in [0, 0.1) is 0 Å². The molecule has 1 fully saturated rings. The summed E-state index contributed by atoms with van der Waals surface area (Å²) in [7, 11) is 0. The van der Waals surface area contributed by atoms with Gasteiger partial charge in [0.05, 0.1) is 25.4 Å². The molecule has 1 heterocycles. The molecule has 1 amide bonds. The average Bonchev–Trinajstić information content (AvgIpc) is 3.35. The molecule has 1 saturated heterocycles. The molecule has 11 nitrogen and oxygen atoms in total. The number of unbranched alkanes of at least 4 members (excludes halogenated alkanes) is 28. The molecule has 0 bridgehead atoms. The maximum absolute atomic E-state index is 13.1. The minimum atomic E-state index is -1.67. The number of allylic oxidation sites excluding steroid dienone is 8. The summed E-state index contributed by atoms with van der Waals surface area (Å²) in [6, 6.07) is -1.20. The van der Waals surface area contributed by atoms with Crippen molar-refractivity contribution in [1.82, 2.24) is 5.32 Å². The van der Waals surface area contributed by atoms with E-state index < -0.39 is 74.2 Å². The highest BCUT2D eigenvalue weighted by Gasteiger charge is 2.44. The third-order valence-electron chi connectivity index (χ3n) is 13.6. The summed E-state index contributed by atoms with van der Waals surface area (Å²) in [5, 5.41) is 76.0. The van der Waals surface area contributed by atoms with Gasteiger partial charge in [0.2, 0.25) is 5.91 Å². The SMILES string of the molecule is CCCCC/C=C\C/C=C\CCCCCCCCC(O)C(=O)NC(COC1OC(CO)C(O)C(O)C1O)C(O)C(O)CCC/C=C/CC/C=C/CCCCCCCCCCCCCCCCCCC. The second-order valence-corrected chi connectivity index (χ2v) is 20.0. The molecule has 0 aliphatic carbocycles. The number of hydrogen-bond donors (Lipinski definition) is 8. The predicted molar refractivity (Wildman–Crippen MR) is 284 cm³/mol. The lowest BCUT2D eigenvalue weighted by Crippen LogP contribution is -2.60. The van der Waals surface area contributed by atoms with Crippen LogP contribution >= 0.6 is 0 Å². The van der Waals surface area contributed by atoms with Gasteiger partial charge >= 0.3 is 0 Å². The van der Waals surface area contributed by atoms with Crippen LogP contribution in [-0.4, -0.2) is 110 Å². The number of hydrogen-bond acceptors (Lipinski definition) is 10. The van der Waals surface area contributed by atoms with Gasteiger partial charge in [-0.1, -0.05) is 210 Å². The van der Waals surface area contributed by atoms with Crippen LogP contribution in [0.2, 0.25) is 0 Å². The van der Waals surface area contributed by atoms with Crippen LogP contribution in [0.1, 0.15) is 245 Å². The fourth-order valence-corrected chi connectivity index (χ4v) is 8.90. The molecular weight excluding hydrogens is 871 g/mol. The molecule has 9 unspecified atom stereocenters. The third kappa shape index (κ3) is 35.8. The van der Waals surface area contributed by atoms with Crippen LogP contribution in [0.25, 0.3) is 0 Å². The van der Waals surface area contributed by atoms with Crippen molar-refractivity contribution in [2.24, 2.45) is 0 Å². The van der Waals surface area contributed by atoms with Gasteiger partial charge in [-0.3, -0.25) is 4.79 Å². The maximum Gasteiger partial charge on any atom is 0.249 e. The number of ether oxygens (including phenoxy) is 2. The Kier molecular flexibility index (Phi) is 44.4. The summed E-state index contributed by atoms with van der Waals surface area (Å²) in [5.41, 5.74) is 0. The highest BCUT2D eigenvalue weighted by atomic mass is 16.7. The van der Waals surface area contributed by atoms with Crippen LogP contribution < -0.4 is 5.32 Å². The van der Waals surface area contributed by atoms with Crippen molar-refractivity contribution in [2.45, 2.75) is 300 Å². The smallest absolute Gasteiger partial charge is 0.249 e. The van der Waals surface area contributed by atoms with Gasteiger partial charge in [0.15, 0.2) is 6.29 Å². The molecule has 8 N–H and O–H groups in total. The Morgan fingerprint density at radius 1 is 0.507 bits per heavy atom. The molecular formula is C58H107NO10. The Balaban J connectivity index is 2.35. The number of carbonyl (C=O) groups is 1. The van der Waals surface area contributed by atoms with E-state index in [1.165, 1.54) is 128 Å². The van der Waals surface area contributed by atoms with E-state index in [-0.39, 0.29) is 12.8 Å². The van der Waals surface area contributed by atoms with Crippen LogP contribution in [0.3, 0.4) is 0 Å². The Hall–Kier alpha value is -1.93. The summed E-state index contributed by atoms with van der Waals surface area (Å²) in [6.07, 6.45) is 47.4. The van der Waals surface area contributed by atoms with E-state index in [0.717, 1.165) is 70.6 Å². The van der Waals surface area contributed by atoms with Crippen molar-refractivity contribution in [3.63, 3.8) is 0 Å². The molecule has 69 heavy (non-hydrogen) atoms. The van der Waals surface area contributed by atoms with Crippen molar-refractivity contribution in [3.8, 4) is 0 Å². The second-order valence-electron chi connectivity index (χ2n) is 20.0. The Bertz CT molecular complexity index is 1260. The van der Waals surface area contributed by atoms with Gasteiger partial charge in [0.25, 0.3) is 0 Å². The van der Waals surface area contributed by atoms with Gasteiger partial charge in [0, 0.05) is 0 Å². The number of aliphatic hydroxyl groups excluding tert-OH is 7. The minimum absolute atomic E-state index is 0.237. The number of rotatable bonds is 48. The van der Waals surface area contributed by atoms with E-state index >= 15 is 0 Å². The van der Waals surface area contributed by atoms with Gasteiger partial charge in [-0.2, -0.15) is 0 Å². The second kappa shape index (κ2) is 47.1. The van der Waals surface area contributed by atoms with Crippen LogP contribution in [0.5, 0.6) is 0 Å². The van der Waals surface area contributed by atoms with Crippen molar-refractivity contribution in [3.05, 3.63) is 48.6 Å². The van der Waals surface area contributed by atoms with Crippen molar-refractivity contribution < 1.29 is 50.0 Å². The Morgan fingerprint density at radius 3 is 1.41 bits per heavy atom. The fourth-order valence-electron chi connectivity index (χ4n) is 8.90. The standard InChI is InChI=1S/C58H107NO10/c1-3-5-7-9-11-13-15-17-19-21-22-23-24-25-26-27-28-29-30-32-33-35-37-39-41-43-45-50(61)53(63)49(48-68-58-56(66)55(65)54(64)52(47-60)69-58)59-57(67)51(62)46-44-42-40-38-36-34-31-20-18-16-14-12-10-8-6-4-2/h12,14,18,20,30,32,37,39,49-56,58,60-66H,3-11,13,15-17,19,21-29,31,33-36,38,40-48H2,1-2H3,(H,59,67)/b14-12-,20-18-,32-30+,39-37+. The summed E-state index contributed by atoms with van der Waals surface area (Å²) in [4.78, 5) is 13.1. The first-order valence-corrected chi connectivity index (χ1v) is 28.5. The van der Waals surface area contributed by atoms with Crippen molar-refractivity contribution in [1.29, 1.82) is 0 Å². The lowest BCUT2D eigenvalue weighted by Gasteiger charge is -2.40. The molecule has 0 saturated carbocycles. The van der Waals surface area contributed by atoms with Gasteiger partial charge in [-0.05, 0) is 83.5 Å². The number of aliphatic hydroxyl groups is 7. The molecule has 0 aromatic carbocycles. The zero-order chi connectivity index (χ0) is 50.4. The van der Waals surface area contributed by atoms with Gasteiger partial charge in [0.1, 0.15) is 36.6 Å². The van der Waals surface area contributed by atoms with E-state index in [1.807, 2.05) is 0 Å². The number of amides is 1. The molecule has 11 heteroatoms. The first-order chi connectivity index (χ1) is 33.7. The molecule has 0 spiro atoms. The molecule has 1 aliphatic rings. The first-order valence-electron chi connectivity index (χ1n) is 28.5. The minimum Gasteiger partial charge on any atom is -0.394 e. The molecule has 0 aromatic heterocycles. The van der Waals surface area contributed by atoms with E-state index in [4.69, 9.17) is 9.47 Å². The van der Waals surface area contributed by atoms with E-state index in [9.17, 15) is 40.5 Å². The largest absolute Gasteiger partial charge is 0.394 e. The van der Waals surface area contributed by atoms with Crippen LogP contribution in [0.15, 0.2) is 48.6 Å². The molecule has 9 atom stereocenters. The van der Waals surface area contributed by atoms with Crippen LogP contribution in [0.4, 0.5) is 0 Å². The molecule has 1 aliphatic heterocycles. The zero-order valence-electron chi connectivity index (χ0n) is 44.0. The van der Waals surface area contributed by atoms with Crippen molar-refractivity contribution >= 4 is 5.91 Å². The fraction of sp³-hybridized carbons (Fsp3) is 0.845. The number of nitrogens with one attached hydrogen (secondary N) is 1. The summed E-state index contributed by atoms with van der Waals surface area (Å²) in [6.45, 7) is 3.41. The number of carbonyl (C=O) groups excluding carboxylic acids is 1. The predicted octanol–water partition coefficient (Wildman–Crippen LogP) is 11.7. The molecule has 0 radical (unpaired) electrons. The summed E-state index contributed by atoms with van der Waals surface area (Å²) >= 11 is 0. The maximum atomic E-state index is 13.1. The summed E-state index contributed by atoms with van der Waals surface area (Å²) < 4.78 is 11.1. The molecule has 1 rings (SSSR count). The average molecular weight is 978 g/mol. The van der Waals surface area contributed by atoms with E-state index in [1.54, 1.807) is 0 Å². The van der Waals surface area contributed by atoms with E-state index in [2.05, 4.69) is 67.8 Å². The topological polar surface area (TPSA) is 189 Å². The van der Waals surface area contributed by atoms with Crippen LogP contribution in [-0.2, 0) is 14.3 Å². The Morgan fingerprint density at radius 2 is 0.913 bits per heavy atom. The third-order valence-corrected chi connectivity index (χ3v) is 13.6. The van der Waals surface area contributed by atoms with E-state index in [0.29, 0.717) is 19.3 Å². The van der Waals surface area contributed by atoms with Crippen molar-refractivity contribution in [2.75, 3.05) is 13.2 Å². The molecule has 404 valence electrons. The highest BCUT2D eigenvalue weighted by molar-refractivity contribution is 5.80. The van der Waals surface area contributed by atoms with Gasteiger partial charge < -0.3 is 50.5 Å². The summed E-state index contributed by atoms with van der Waals surface area (Å²) in [5.74, 6) is -0.719. The normalized spacial score (nSPS) is 20.7. The monoisotopic (exact) mass is 978 g/mol. The Labute approximate surface area is 421 Å². The molecule has 0 aromatic rings. The lowest BCUT2D eigenvalue weighted by atomic mass is 9.98. The first kappa shape index (κ1) is 65.1. The van der Waals surface area contributed by atoms with Gasteiger partial charge in [-0.15, -0.1) is 0 Å². The zero-order valence-corrected chi connectivity index (χ0v) is 44.0.